The van der Waals surface area contributed by atoms with Crippen LogP contribution in [0.15, 0.2) is 24.3 Å². The Kier molecular flexibility index (Phi) is 4.15. The van der Waals surface area contributed by atoms with Gasteiger partial charge in [-0.3, -0.25) is 4.79 Å². The fraction of sp³-hybridized carbons (Fsp3) is 0.500. The van der Waals surface area contributed by atoms with Crippen LogP contribution in [0.4, 0.5) is 0 Å². The van der Waals surface area contributed by atoms with Gasteiger partial charge in [-0.2, -0.15) is 0 Å². The molecule has 17 heavy (non-hydrogen) atoms. The van der Waals surface area contributed by atoms with Gasteiger partial charge < -0.3 is 10.4 Å². The third-order valence-corrected chi connectivity index (χ3v) is 3.32. The highest BCUT2D eigenvalue weighted by molar-refractivity contribution is 5.83. The first-order chi connectivity index (χ1) is 8.25. The molecule has 1 fully saturated rings. The molecule has 2 N–H and O–H groups in total. The number of Topliss-reactive ketones (excluding diaryl/α,β-unsaturated/α-hetero) is 1. The molecule has 0 spiro atoms. The molecule has 1 aliphatic heterocycles. The van der Waals surface area contributed by atoms with Crippen LogP contribution in [0.3, 0.4) is 0 Å². The highest BCUT2D eigenvalue weighted by Gasteiger charge is 2.19. The Morgan fingerprint density at radius 2 is 2.24 bits per heavy atom. The second-order valence-corrected chi connectivity index (χ2v) is 4.69. The average molecular weight is 233 g/mol. The second-order valence-electron chi connectivity index (χ2n) is 4.69. The van der Waals surface area contributed by atoms with Gasteiger partial charge in [-0.25, -0.2) is 0 Å². The molecule has 92 valence electrons. The van der Waals surface area contributed by atoms with Gasteiger partial charge in [0, 0.05) is 12.3 Å². The Hall–Kier alpha value is -1.35. The van der Waals surface area contributed by atoms with Crippen LogP contribution in [-0.2, 0) is 11.2 Å². The van der Waals surface area contributed by atoms with Crippen LogP contribution in [0.2, 0.25) is 0 Å². The highest BCUT2D eigenvalue weighted by Crippen LogP contribution is 2.18. The van der Waals surface area contributed by atoms with E-state index in [1.165, 1.54) is 0 Å². The van der Waals surface area contributed by atoms with Crippen molar-refractivity contribution in [1.29, 1.82) is 0 Å². The SMILES string of the molecule is O=C(Cc1cccc(O)c1)C1CCCNCC1. The maximum Gasteiger partial charge on any atom is 0.140 e. The Morgan fingerprint density at radius 3 is 3.06 bits per heavy atom. The van der Waals surface area contributed by atoms with Gasteiger partial charge in [0.1, 0.15) is 11.5 Å². The molecule has 2 rings (SSSR count). The fourth-order valence-corrected chi connectivity index (χ4v) is 2.35. The smallest absolute Gasteiger partial charge is 0.140 e. The van der Waals surface area contributed by atoms with Crippen molar-refractivity contribution in [2.45, 2.75) is 25.7 Å². The van der Waals surface area contributed by atoms with Crippen molar-refractivity contribution in [3.05, 3.63) is 29.8 Å². The molecule has 1 aromatic carbocycles. The molecule has 1 unspecified atom stereocenters. The molecule has 1 atom stereocenters. The molecule has 0 amide bonds. The molecule has 0 bridgehead atoms. The molecule has 1 saturated heterocycles. The summed E-state index contributed by atoms with van der Waals surface area (Å²) in [4.78, 5) is 12.1. The molecule has 1 heterocycles. The van der Waals surface area contributed by atoms with E-state index in [1.807, 2.05) is 6.07 Å². The van der Waals surface area contributed by atoms with Gasteiger partial charge in [0.25, 0.3) is 0 Å². The van der Waals surface area contributed by atoms with Crippen molar-refractivity contribution >= 4 is 5.78 Å². The Labute approximate surface area is 102 Å². The lowest BCUT2D eigenvalue weighted by Crippen LogP contribution is -2.19. The lowest BCUT2D eigenvalue weighted by Gasteiger charge is -2.12. The van der Waals surface area contributed by atoms with Gasteiger partial charge in [0.2, 0.25) is 0 Å². The largest absolute Gasteiger partial charge is 0.508 e. The summed E-state index contributed by atoms with van der Waals surface area (Å²) in [5.41, 5.74) is 0.909. The van der Waals surface area contributed by atoms with E-state index in [0.717, 1.165) is 37.9 Å². The van der Waals surface area contributed by atoms with Crippen molar-refractivity contribution in [2.75, 3.05) is 13.1 Å². The van der Waals surface area contributed by atoms with Gasteiger partial charge in [-0.1, -0.05) is 12.1 Å². The quantitative estimate of drug-likeness (QED) is 0.838. The third kappa shape index (κ3) is 3.56. The Balaban J connectivity index is 1.95. The van der Waals surface area contributed by atoms with E-state index in [0.29, 0.717) is 12.2 Å². The van der Waals surface area contributed by atoms with Gasteiger partial charge >= 0.3 is 0 Å². The van der Waals surface area contributed by atoms with E-state index in [2.05, 4.69) is 5.32 Å². The monoisotopic (exact) mass is 233 g/mol. The van der Waals surface area contributed by atoms with Crippen molar-refractivity contribution < 1.29 is 9.90 Å². The number of hydrogen-bond acceptors (Lipinski definition) is 3. The number of rotatable bonds is 3. The van der Waals surface area contributed by atoms with E-state index in [-0.39, 0.29) is 11.7 Å². The zero-order valence-corrected chi connectivity index (χ0v) is 9.98. The van der Waals surface area contributed by atoms with Crippen molar-refractivity contribution in [2.24, 2.45) is 5.92 Å². The van der Waals surface area contributed by atoms with Crippen LogP contribution in [-0.4, -0.2) is 24.0 Å². The maximum absolute atomic E-state index is 12.1. The summed E-state index contributed by atoms with van der Waals surface area (Å²) in [7, 11) is 0. The molecule has 3 heteroatoms. The van der Waals surface area contributed by atoms with Crippen LogP contribution in [0, 0.1) is 5.92 Å². The minimum Gasteiger partial charge on any atom is -0.508 e. The standard InChI is InChI=1S/C14H19NO2/c16-13-5-1-3-11(9-13)10-14(17)12-4-2-7-15-8-6-12/h1,3,5,9,12,15-16H,2,4,6-8,10H2. The van der Waals surface area contributed by atoms with Crippen LogP contribution < -0.4 is 5.32 Å². The topological polar surface area (TPSA) is 49.3 Å². The summed E-state index contributed by atoms with van der Waals surface area (Å²) in [5, 5.41) is 12.7. The van der Waals surface area contributed by atoms with Gasteiger partial charge in [-0.05, 0) is 50.0 Å². The van der Waals surface area contributed by atoms with E-state index in [9.17, 15) is 9.90 Å². The first-order valence-corrected chi connectivity index (χ1v) is 6.27. The number of benzene rings is 1. The lowest BCUT2D eigenvalue weighted by atomic mass is 9.92. The molecular formula is C14H19NO2. The minimum absolute atomic E-state index is 0.187. The van der Waals surface area contributed by atoms with E-state index >= 15 is 0 Å². The molecule has 0 radical (unpaired) electrons. The predicted octanol–water partition coefficient (Wildman–Crippen LogP) is 1.89. The first kappa shape index (κ1) is 12.1. The van der Waals surface area contributed by atoms with Crippen LogP contribution in [0.1, 0.15) is 24.8 Å². The first-order valence-electron chi connectivity index (χ1n) is 6.27. The number of ketones is 1. The normalized spacial score (nSPS) is 20.8. The van der Waals surface area contributed by atoms with Crippen LogP contribution >= 0.6 is 0 Å². The molecule has 0 aromatic heterocycles. The number of nitrogens with one attached hydrogen (secondary N) is 1. The summed E-state index contributed by atoms with van der Waals surface area (Å²) in [6.45, 7) is 1.96. The molecule has 0 aliphatic carbocycles. The molecule has 3 nitrogen and oxygen atoms in total. The Bertz CT molecular complexity index is 382. The molecule has 1 aromatic rings. The van der Waals surface area contributed by atoms with Gasteiger partial charge in [0.15, 0.2) is 0 Å². The number of carbonyl (C=O) groups excluding carboxylic acids is 1. The maximum atomic E-state index is 12.1. The second kappa shape index (κ2) is 5.82. The van der Waals surface area contributed by atoms with E-state index < -0.39 is 0 Å². The molecule has 0 saturated carbocycles. The molecule has 1 aliphatic rings. The number of phenolic OH excluding ortho intramolecular Hbond substituents is 1. The van der Waals surface area contributed by atoms with Crippen LogP contribution in [0.25, 0.3) is 0 Å². The van der Waals surface area contributed by atoms with Gasteiger partial charge in [0.05, 0.1) is 0 Å². The summed E-state index contributed by atoms with van der Waals surface area (Å²) in [5.74, 6) is 0.726. The number of carbonyl (C=O) groups is 1. The molecular weight excluding hydrogens is 214 g/mol. The lowest BCUT2D eigenvalue weighted by molar-refractivity contribution is -0.122. The fourth-order valence-electron chi connectivity index (χ4n) is 2.35. The summed E-state index contributed by atoms with van der Waals surface area (Å²) < 4.78 is 0. The van der Waals surface area contributed by atoms with Crippen molar-refractivity contribution in [3.63, 3.8) is 0 Å². The predicted molar refractivity (Wildman–Crippen MR) is 67.0 cm³/mol. The number of aromatic hydroxyl groups is 1. The number of phenols is 1. The third-order valence-electron chi connectivity index (χ3n) is 3.32. The van der Waals surface area contributed by atoms with Gasteiger partial charge in [-0.15, -0.1) is 0 Å². The van der Waals surface area contributed by atoms with Crippen molar-refractivity contribution in [1.82, 2.24) is 5.32 Å². The Morgan fingerprint density at radius 1 is 1.35 bits per heavy atom. The van der Waals surface area contributed by atoms with E-state index in [1.54, 1.807) is 18.2 Å². The average Bonchev–Trinajstić information content (AvgIpc) is 2.57. The van der Waals surface area contributed by atoms with Crippen molar-refractivity contribution in [3.8, 4) is 5.75 Å². The number of hydrogen-bond donors (Lipinski definition) is 2. The zero-order chi connectivity index (χ0) is 12.1. The minimum atomic E-state index is 0.187. The highest BCUT2D eigenvalue weighted by atomic mass is 16.3. The zero-order valence-electron chi connectivity index (χ0n) is 9.98. The van der Waals surface area contributed by atoms with E-state index in [4.69, 9.17) is 0 Å². The summed E-state index contributed by atoms with van der Waals surface area (Å²) in [6.07, 6.45) is 3.46. The summed E-state index contributed by atoms with van der Waals surface area (Å²) >= 11 is 0. The van der Waals surface area contributed by atoms with Crippen LogP contribution in [0.5, 0.6) is 5.75 Å². The summed E-state index contributed by atoms with van der Waals surface area (Å²) in [6, 6.07) is 6.98.